The first-order valence-electron chi connectivity index (χ1n) is 7.57. The molecule has 0 atom stereocenters. The summed E-state index contributed by atoms with van der Waals surface area (Å²) in [7, 11) is 1.99. The Morgan fingerprint density at radius 1 is 1.26 bits per heavy atom. The highest BCUT2D eigenvalue weighted by Gasteiger charge is 2.16. The van der Waals surface area contributed by atoms with Gasteiger partial charge in [-0.25, -0.2) is 0 Å². The van der Waals surface area contributed by atoms with Crippen molar-refractivity contribution in [1.29, 1.82) is 5.26 Å². The molecule has 3 rings (SSSR count). The molecule has 1 aromatic carbocycles. The van der Waals surface area contributed by atoms with Crippen LogP contribution in [0.1, 0.15) is 17.0 Å². The number of ether oxygens (including phenoxy) is 1. The number of hydrogen-bond acceptors (Lipinski definition) is 6. The second kappa shape index (κ2) is 7.59. The lowest BCUT2D eigenvalue weighted by atomic mass is 10.1. The number of nitrogens with zero attached hydrogens (tertiary/aromatic N) is 5. The SMILES string of the molecule is Cn1c(CN2CCOCC2)nnc1SCc1ccccc1C#N. The highest BCUT2D eigenvalue weighted by molar-refractivity contribution is 7.98. The molecule has 23 heavy (non-hydrogen) atoms. The summed E-state index contributed by atoms with van der Waals surface area (Å²) in [6.45, 7) is 4.23. The number of thioether (sulfide) groups is 1. The van der Waals surface area contributed by atoms with Gasteiger partial charge in [-0.05, 0) is 11.6 Å². The number of hydrogen-bond donors (Lipinski definition) is 0. The van der Waals surface area contributed by atoms with Crippen molar-refractivity contribution in [3.05, 3.63) is 41.2 Å². The van der Waals surface area contributed by atoms with Crippen LogP contribution < -0.4 is 0 Å². The Morgan fingerprint density at radius 2 is 2.04 bits per heavy atom. The van der Waals surface area contributed by atoms with E-state index >= 15 is 0 Å². The van der Waals surface area contributed by atoms with Crippen molar-refractivity contribution in [3.8, 4) is 6.07 Å². The third kappa shape index (κ3) is 3.91. The predicted octanol–water partition coefficient (Wildman–Crippen LogP) is 1.81. The van der Waals surface area contributed by atoms with E-state index in [1.54, 1.807) is 11.8 Å². The van der Waals surface area contributed by atoms with Crippen LogP contribution >= 0.6 is 11.8 Å². The predicted molar refractivity (Wildman–Crippen MR) is 87.8 cm³/mol. The molecule has 1 saturated heterocycles. The summed E-state index contributed by atoms with van der Waals surface area (Å²) in [5.41, 5.74) is 1.74. The lowest BCUT2D eigenvalue weighted by Crippen LogP contribution is -2.36. The van der Waals surface area contributed by atoms with Crippen LogP contribution in [0, 0.1) is 11.3 Å². The molecule has 2 aromatic rings. The summed E-state index contributed by atoms with van der Waals surface area (Å²) in [5.74, 6) is 1.68. The van der Waals surface area contributed by atoms with Gasteiger partial charge in [-0.2, -0.15) is 5.26 Å². The average molecular weight is 329 g/mol. The topological polar surface area (TPSA) is 67.0 Å². The molecule has 0 N–H and O–H groups in total. The molecular weight excluding hydrogens is 310 g/mol. The fraction of sp³-hybridized carbons (Fsp3) is 0.438. The van der Waals surface area contributed by atoms with E-state index in [4.69, 9.17) is 10.00 Å². The molecule has 120 valence electrons. The highest BCUT2D eigenvalue weighted by atomic mass is 32.2. The van der Waals surface area contributed by atoms with Crippen molar-refractivity contribution in [2.45, 2.75) is 17.5 Å². The van der Waals surface area contributed by atoms with E-state index < -0.39 is 0 Å². The largest absolute Gasteiger partial charge is 0.379 e. The molecule has 1 aliphatic heterocycles. The van der Waals surface area contributed by atoms with Gasteiger partial charge in [0.1, 0.15) is 5.82 Å². The van der Waals surface area contributed by atoms with Gasteiger partial charge in [-0.3, -0.25) is 4.90 Å². The van der Waals surface area contributed by atoms with Gasteiger partial charge in [-0.1, -0.05) is 30.0 Å². The number of aromatic nitrogens is 3. The average Bonchev–Trinajstić information content (AvgIpc) is 2.94. The zero-order valence-electron chi connectivity index (χ0n) is 13.1. The Kier molecular flexibility index (Phi) is 5.28. The molecule has 0 bridgehead atoms. The molecule has 1 aliphatic rings. The van der Waals surface area contributed by atoms with Gasteiger partial charge in [0.15, 0.2) is 5.16 Å². The molecule has 2 heterocycles. The molecule has 0 unspecified atom stereocenters. The smallest absolute Gasteiger partial charge is 0.191 e. The molecule has 0 radical (unpaired) electrons. The van der Waals surface area contributed by atoms with E-state index in [0.717, 1.165) is 55.0 Å². The lowest BCUT2D eigenvalue weighted by Gasteiger charge is -2.25. The fourth-order valence-electron chi connectivity index (χ4n) is 2.47. The third-order valence-electron chi connectivity index (χ3n) is 3.89. The van der Waals surface area contributed by atoms with Gasteiger partial charge in [0.05, 0.1) is 31.4 Å². The molecule has 1 fully saturated rings. The Morgan fingerprint density at radius 3 is 2.83 bits per heavy atom. The van der Waals surface area contributed by atoms with E-state index in [2.05, 4.69) is 21.2 Å². The van der Waals surface area contributed by atoms with E-state index in [1.165, 1.54) is 0 Å². The van der Waals surface area contributed by atoms with Crippen LogP contribution in [0.4, 0.5) is 0 Å². The van der Waals surface area contributed by atoms with Crippen LogP contribution in [0.3, 0.4) is 0 Å². The van der Waals surface area contributed by atoms with Crippen molar-refractivity contribution in [2.24, 2.45) is 7.05 Å². The monoisotopic (exact) mass is 329 g/mol. The van der Waals surface area contributed by atoms with Crippen LogP contribution in [0.5, 0.6) is 0 Å². The van der Waals surface area contributed by atoms with E-state index in [-0.39, 0.29) is 0 Å². The van der Waals surface area contributed by atoms with Crippen molar-refractivity contribution >= 4 is 11.8 Å². The van der Waals surface area contributed by atoms with Crippen molar-refractivity contribution < 1.29 is 4.74 Å². The van der Waals surface area contributed by atoms with Gasteiger partial charge in [0.25, 0.3) is 0 Å². The maximum absolute atomic E-state index is 9.15. The maximum Gasteiger partial charge on any atom is 0.191 e. The summed E-state index contributed by atoms with van der Waals surface area (Å²) in [6, 6.07) is 9.90. The second-order valence-corrected chi connectivity index (χ2v) is 6.35. The summed E-state index contributed by atoms with van der Waals surface area (Å²) < 4.78 is 7.40. The minimum Gasteiger partial charge on any atom is -0.379 e. The summed E-state index contributed by atoms with van der Waals surface area (Å²) in [5, 5.41) is 18.6. The standard InChI is InChI=1S/C16H19N5OS/c1-20-15(11-21-6-8-22-9-7-21)18-19-16(20)23-12-14-5-3-2-4-13(14)10-17/h2-5H,6-9,11-12H2,1H3. The Bertz CT molecular complexity index is 703. The number of rotatable bonds is 5. The van der Waals surface area contributed by atoms with Gasteiger partial charge < -0.3 is 9.30 Å². The van der Waals surface area contributed by atoms with E-state index in [1.807, 2.05) is 35.9 Å². The molecule has 0 aliphatic carbocycles. The first-order valence-corrected chi connectivity index (χ1v) is 8.55. The third-order valence-corrected chi connectivity index (χ3v) is 4.96. The molecular formula is C16H19N5OS. The zero-order valence-corrected chi connectivity index (χ0v) is 13.9. The van der Waals surface area contributed by atoms with Gasteiger partial charge in [-0.15, -0.1) is 10.2 Å². The summed E-state index contributed by atoms with van der Waals surface area (Å²) >= 11 is 1.61. The first kappa shape index (κ1) is 16.0. The van der Waals surface area contributed by atoms with Crippen LogP contribution in [0.15, 0.2) is 29.4 Å². The minimum atomic E-state index is 0.716. The number of benzene rings is 1. The second-order valence-electron chi connectivity index (χ2n) is 5.40. The minimum absolute atomic E-state index is 0.716. The van der Waals surface area contributed by atoms with Gasteiger partial charge >= 0.3 is 0 Å². The molecule has 1 aromatic heterocycles. The van der Waals surface area contributed by atoms with Crippen molar-refractivity contribution in [3.63, 3.8) is 0 Å². The normalized spacial score (nSPS) is 15.5. The maximum atomic E-state index is 9.15. The van der Waals surface area contributed by atoms with Crippen molar-refractivity contribution in [2.75, 3.05) is 26.3 Å². The Balaban J connectivity index is 1.64. The number of nitriles is 1. The van der Waals surface area contributed by atoms with Crippen molar-refractivity contribution in [1.82, 2.24) is 19.7 Å². The summed E-state index contributed by atoms with van der Waals surface area (Å²) in [6.07, 6.45) is 0. The molecule has 0 saturated carbocycles. The van der Waals surface area contributed by atoms with Gasteiger partial charge in [0.2, 0.25) is 0 Å². The quantitative estimate of drug-likeness (QED) is 0.780. The van der Waals surface area contributed by atoms with Crippen LogP contribution in [0.2, 0.25) is 0 Å². The summed E-state index contributed by atoms with van der Waals surface area (Å²) in [4.78, 5) is 2.33. The number of morpholine rings is 1. The van der Waals surface area contributed by atoms with E-state index in [9.17, 15) is 0 Å². The lowest BCUT2D eigenvalue weighted by molar-refractivity contribution is 0.0326. The zero-order chi connectivity index (χ0) is 16.1. The van der Waals surface area contributed by atoms with Crippen LogP contribution in [-0.4, -0.2) is 46.0 Å². The van der Waals surface area contributed by atoms with Gasteiger partial charge in [0, 0.05) is 25.9 Å². The first-order chi connectivity index (χ1) is 11.3. The van der Waals surface area contributed by atoms with E-state index in [0.29, 0.717) is 5.75 Å². The molecule has 0 amide bonds. The van der Waals surface area contributed by atoms with Crippen LogP contribution in [-0.2, 0) is 24.1 Å². The molecule has 7 heteroatoms. The Hall–Kier alpha value is -1.88. The molecule has 0 spiro atoms. The Labute approximate surface area is 140 Å². The van der Waals surface area contributed by atoms with Crippen LogP contribution in [0.25, 0.3) is 0 Å². The fourth-order valence-corrected chi connectivity index (χ4v) is 3.40. The highest BCUT2D eigenvalue weighted by Crippen LogP contribution is 2.23. The molecule has 6 nitrogen and oxygen atoms in total.